The largest absolute Gasteiger partial charge is 0.477 e. The highest BCUT2D eigenvalue weighted by Gasteiger charge is 2.17. The number of benzene rings is 2. The molecule has 3 rings (SSSR count). The van der Waals surface area contributed by atoms with Crippen molar-refractivity contribution in [3.8, 4) is 17.6 Å². The van der Waals surface area contributed by atoms with Crippen LogP contribution in [0.5, 0.6) is 11.5 Å². The first-order chi connectivity index (χ1) is 14.9. The molecule has 0 saturated heterocycles. The molecule has 0 atom stereocenters. The van der Waals surface area contributed by atoms with Gasteiger partial charge in [-0.25, -0.2) is 4.79 Å². The van der Waals surface area contributed by atoms with Gasteiger partial charge in [0.25, 0.3) is 0 Å². The molecule has 0 aromatic heterocycles. The molecule has 2 aromatic carbocycles. The van der Waals surface area contributed by atoms with E-state index in [9.17, 15) is 14.7 Å². The first-order valence-electron chi connectivity index (χ1n) is 10.2. The number of carboxylic acids is 1. The molecule has 0 bridgehead atoms. The van der Waals surface area contributed by atoms with Crippen LogP contribution >= 0.6 is 15.9 Å². The maximum absolute atomic E-state index is 12.2. The third-order valence-electron chi connectivity index (χ3n) is 5.24. The van der Waals surface area contributed by atoms with E-state index in [0.29, 0.717) is 39.4 Å². The summed E-state index contributed by atoms with van der Waals surface area (Å²) in [7, 11) is 0. The molecule has 1 aliphatic rings. The third kappa shape index (κ3) is 6.69. The highest BCUT2D eigenvalue weighted by atomic mass is 79.9. The van der Waals surface area contributed by atoms with Gasteiger partial charge in [0.15, 0.2) is 0 Å². The van der Waals surface area contributed by atoms with E-state index >= 15 is 0 Å². The maximum atomic E-state index is 12.2. The number of hydrogen-bond donors (Lipinski definition) is 2. The highest BCUT2D eigenvalue weighted by molar-refractivity contribution is 9.10. The molecule has 2 aromatic rings. The fourth-order valence-electron chi connectivity index (χ4n) is 3.58. The Morgan fingerprint density at radius 2 is 1.90 bits per heavy atom. The SMILES string of the molecule is N#Cc1ccc(Oc2ccc(/C=C(/NC(=O)CCC3CCCC3)C(=O)O)cc2)c(Br)c1. The van der Waals surface area contributed by atoms with Gasteiger partial charge in [-0.15, -0.1) is 0 Å². The van der Waals surface area contributed by atoms with E-state index in [1.165, 1.54) is 18.9 Å². The van der Waals surface area contributed by atoms with Crippen LogP contribution in [0.3, 0.4) is 0 Å². The topological polar surface area (TPSA) is 99.4 Å². The number of nitrogens with zero attached hydrogens (tertiary/aromatic N) is 1. The van der Waals surface area contributed by atoms with Crippen LogP contribution in [-0.4, -0.2) is 17.0 Å². The van der Waals surface area contributed by atoms with E-state index in [2.05, 4.69) is 27.3 Å². The molecule has 31 heavy (non-hydrogen) atoms. The number of ether oxygens (including phenoxy) is 1. The van der Waals surface area contributed by atoms with Crippen LogP contribution in [0.1, 0.15) is 49.7 Å². The van der Waals surface area contributed by atoms with Crippen molar-refractivity contribution in [2.75, 3.05) is 0 Å². The Balaban J connectivity index is 1.62. The number of halogens is 1. The lowest BCUT2D eigenvalue weighted by molar-refractivity contribution is -0.134. The Morgan fingerprint density at radius 1 is 1.19 bits per heavy atom. The molecule has 1 saturated carbocycles. The Morgan fingerprint density at radius 3 is 2.52 bits per heavy atom. The van der Waals surface area contributed by atoms with E-state index in [0.717, 1.165) is 19.3 Å². The van der Waals surface area contributed by atoms with Crippen LogP contribution in [0, 0.1) is 17.2 Å². The standard InChI is InChI=1S/C24H23BrN2O4/c25-20-13-18(15-26)7-11-22(20)31-19-9-5-17(6-10-19)14-21(24(29)30)27-23(28)12-8-16-3-1-2-4-16/h5-7,9-11,13-14,16H,1-4,8,12H2,(H,27,28)(H,29,30)/b21-14+. The van der Waals surface area contributed by atoms with Gasteiger partial charge in [-0.2, -0.15) is 5.26 Å². The minimum absolute atomic E-state index is 0.153. The van der Waals surface area contributed by atoms with E-state index in [-0.39, 0.29) is 11.6 Å². The van der Waals surface area contributed by atoms with E-state index in [1.807, 2.05) is 0 Å². The Hall–Kier alpha value is -3.11. The zero-order chi connectivity index (χ0) is 22.2. The zero-order valence-corrected chi connectivity index (χ0v) is 18.5. The first kappa shape index (κ1) is 22.6. The van der Waals surface area contributed by atoms with Gasteiger partial charge in [0.05, 0.1) is 16.1 Å². The average molecular weight is 483 g/mol. The van der Waals surface area contributed by atoms with Crippen molar-refractivity contribution >= 4 is 33.9 Å². The second kappa shape index (κ2) is 10.8. The molecule has 0 unspecified atom stereocenters. The van der Waals surface area contributed by atoms with Crippen molar-refractivity contribution in [2.24, 2.45) is 5.92 Å². The summed E-state index contributed by atoms with van der Waals surface area (Å²) in [4.78, 5) is 23.7. The van der Waals surface area contributed by atoms with Crippen LogP contribution < -0.4 is 10.1 Å². The molecule has 0 aliphatic heterocycles. The molecule has 7 heteroatoms. The highest BCUT2D eigenvalue weighted by Crippen LogP contribution is 2.31. The van der Waals surface area contributed by atoms with Crippen LogP contribution in [0.25, 0.3) is 6.08 Å². The van der Waals surface area contributed by atoms with Gasteiger partial charge in [-0.3, -0.25) is 4.79 Å². The van der Waals surface area contributed by atoms with Gasteiger partial charge < -0.3 is 15.2 Å². The van der Waals surface area contributed by atoms with Crippen molar-refractivity contribution in [2.45, 2.75) is 38.5 Å². The second-order valence-electron chi connectivity index (χ2n) is 7.53. The lowest BCUT2D eigenvalue weighted by atomic mass is 10.0. The van der Waals surface area contributed by atoms with Crippen molar-refractivity contribution in [1.82, 2.24) is 5.32 Å². The number of carboxylic acid groups (broad SMARTS) is 1. The van der Waals surface area contributed by atoms with Crippen LogP contribution in [-0.2, 0) is 9.59 Å². The smallest absolute Gasteiger partial charge is 0.352 e. The van der Waals surface area contributed by atoms with Crippen molar-refractivity contribution in [3.63, 3.8) is 0 Å². The Bertz CT molecular complexity index is 1020. The predicted octanol–water partition coefficient (Wildman–Crippen LogP) is 5.63. The minimum Gasteiger partial charge on any atom is -0.477 e. The van der Waals surface area contributed by atoms with Gasteiger partial charge in [-0.1, -0.05) is 37.8 Å². The monoisotopic (exact) mass is 482 g/mol. The second-order valence-corrected chi connectivity index (χ2v) is 8.38. The predicted molar refractivity (Wildman–Crippen MR) is 120 cm³/mol. The Labute approximate surface area is 189 Å². The number of aliphatic carboxylic acids is 1. The fourth-order valence-corrected chi connectivity index (χ4v) is 4.04. The number of carbonyl (C=O) groups excluding carboxylic acids is 1. The quantitative estimate of drug-likeness (QED) is 0.475. The van der Waals surface area contributed by atoms with Gasteiger partial charge in [0.2, 0.25) is 5.91 Å². The Kier molecular flexibility index (Phi) is 7.85. The maximum Gasteiger partial charge on any atom is 0.352 e. The normalized spacial score (nSPS) is 14.1. The summed E-state index contributed by atoms with van der Waals surface area (Å²) in [5, 5.41) is 20.9. The lowest BCUT2D eigenvalue weighted by Gasteiger charge is -2.10. The molecule has 1 aliphatic carbocycles. The summed E-state index contributed by atoms with van der Waals surface area (Å²) in [6.07, 6.45) is 7.31. The average Bonchev–Trinajstić information content (AvgIpc) is 3.28. The molecule has 6 nitrogen and oxygen atoms in total. The number of nitrogens with one attached hydrogen (secondary N) is 1. The molecule has 0 spiro atoms. The van der Waals surface area contributed by atoms with Crippen molar-refractivity contribution in [3.05, 3.63) is 63.8 Å². The summed E-state index contributed by atoms with van der Waals surface area (Å²) < 4.78 is 6.45. The molecule has 160 valence electrons. The summed E-state index contributed by atoms with van der Waals surface area (Å²) in [6.45, 7) is 0. The van der Waals surface area contributed by atoms with Gasteiger partial charge in [0, 0.05) is 6.42 Å². The molecular formula is C24H23BrN2O4. The molecule has 0 radical (unpaired) electrons. The molecular weight excluding hydrogens is 460 g/mol. The third-order valence-corrected chi connectivity index (χ3v) is 5.86. The minimum atomic E-state index is -1.18. The molecule has 0 heterocycles. The number of nitriles is 1. The summed E-state index contributed by atoms with van der Waals surface area (Å²) >= 11 is 3.37. The van der Waals surface area contributed by atoms with Crippen molar-refractivity contribution in [1.29, 1.82) is 5.26 Å². The molecule has 2 N–H and O–H groups in total. The summed E-state index contributed by atoms with van der Waals surface area (Å²) in [6, 6.07) is 13.9. The number of hydrogen-bond acceptors (Lipinski definition) is 4. The van der Waals surface area contributed by atoms with E-state index in [1.54, 1.807) is 42.5 Å². The number of rotatable bonds is 8. The molecule has 1 amide bonds. The molecule has 1 fully saturated rings. The van der Waals surface area contributed by atoms with Crippen molar-refractivity contribution < 1.29 is 19.4 Å². The van der Waals surface area contributed by atoms with Crippen LogP contribution in [0.15, 0.2) is 52.6 Å². The number of amides is 1. The summed E-state index contributed by atoms with van der Waals surface area (Å²) in [5.41, 5.74) is 0.992. The van der Waals surface area contributed by atoms with Crippen LogP contribution in [0.2, 0.25) is 0 Å². The number of carbonyl (C=O) groups is 2. The van der Waals surface area contributed by atoms with E-state index in [4.69, 9.17) is 10.00 Å². The first-order valence-corrected chi connectivity index (χ1v) is 11.0. The van der Waals surface area contributed by atoms with Gasteiger partial charge in [-0.05, 0) is 70.2 Å². The van der Waals surface area contributed by atoms with Gasteiger partial charge >= 0.3 is 5.97 Å². The van der Waals surface area contributed by atoms with Crippen LogP contribution in [0.4, 0.5) is 0 Å². The summed E-state index contributed by atoms with van der Waals surface area (Å²) in [5.74, 6) is 0.233. The zero-order valence-electron chi connectivity index (χ0n) is 16.9. The lowest BCUT2D eigenvalue weighted by Crippen LogP contribution is -2.27. The van der Waals surface area contributed by atoms with E-state index < -0.39 is 5.97 Å². The fraction of sp³-hybridized carbons (Fsp3) is 0.292. The van der Waals surface area contributed by atoms with Gasteiger partial charge in [0.1, 0.15) is 17.2 Å².